The fourth-order valence-corrected chi connectivity index (χ4v) is 1.53. The van der Waals surface area contributed by atoms with Crippen molar-refractivity contribution in [3.63, 3.8) is 0 Å². The molecular formula is C13H17ClN4O2. The zero-order valence-corrected chi connectivity index (χ0v) is 12.1. The first kappa shape index (κ1) is 16.1. The topological polar surface area (TPSA) is 94.0 Å². The lowest BCUT2D eigenvalue weighted by molar-refractivity contribution is -0.119. The molecule has 108 valence electrons. The van der Waals surface area contributed by atoms with Gasteiger partial charge in [0.15, 0.2) is 0 Å². The van der Waals surface area contributed by atoms with Crippen molar-refractivity contribution in [1.82, 2.24) is 10.1 Å². The number of nitrogens with one attached hydrogen (secondary N) is 1. The van der Waals surface area contributed by atoms with Gasteiger partial charge in [-0.2, -0.15) is 4.98 Å². The Morgan fingerprint density at radius 1 is 1.50 bits per heavy atom. The van der Waals surface area contributed by atoms with E-state index in [0.717, 1.165) is 5.56 Å². The van der Waals surface area contributed by atoms with Gasteiger partial charge in [0.25, 0.3) is 0 Å². The second-order valence-corrected chi connectivity index (χ2v) is 4.34. The smallest absolute Gasteiger partial charge is 0.228 e. The van der Waals surface area contributed by atoms with Crippen molar-refractivity contribution in [2.45, 2.75) is 13.8 Å². The number of carbonyl (C=O) groups excluding carboxylic acids is 1. The third kappa shape index (κ3) is 3.79. The summed E-state index contributed by atoms with van der Waals surface area (Å²) in [4.78, 5) is 15.9. The summed E-state index contributed by atoms with van der Waals surface area (Å²) < 4.78 is 4.93. The van der Waals surface area contributed by atoms with Crippen molar-refractivity contribution in [2.24, 2.45) is 11.7 Å². The Balaban J connectivity index is 0.00000200. The first-order chi connectivity index (χ1) is 9.10. The van der Waals surface area contributed by atoms with Crippen LogP contribution in [0, 0.1) is 12.8 Å². The van der Waals surface area contributed by atoms with Gasteiger partial charge in [0.1, 0.15) is 0 Å². The summed E-state index contributed by atoms with van der Waals surface area (Å²) in [5, 5.41) is 6.64. The lowest BCUT2D eigenvalue weighted by Gasteiger charge is -2.10. The SMILES string of the molecule is Cc1nc(-c2cccc(NC(=O)C(C)CN)c2)no1.Cl. The molecule has 1 heterocycles. The van der Waals surface area contributed by atoms with Crippen LogP contribution in [0.25, 0.3) is 11.4 Å². The molecule has 1 unspecified atom stereocenters. The zero-order chi connectivity index (χ0) is 13.8. The van der Waals surface area contributed by atoms with E-state index < -0.39 is 0 Å². The van der Waals surface area contributed by atoms with Crippen LogP contribution in [0.1, 0.15) is 12.8 Å². The molecule has 1 aromatic heterocycles. The molecule has 0 saturated heterocycles. The van der Waals surface area contributed by atoms with Crippen molar-refractivity contribution < 1.29 is 9.32 Å². The van der Waals surface area contributed by atoms with Crippen LogP contribution < -0.4 is 11.1 Å². The van der Waals surface area contributed by atoms with E-state index in [2.05, 4.69) is 15.5 Å². The molecule has 2 rings (SSSR count). The molecule has 0 aliphatic heterocycles. The van der Waals surface area contributed by atoms with Gasteiger partial charge in [-0.25, -0.2) is 0 Å². The number of amides is 1. The number of rotatable bonds is 4. The molecule has 1 amide bonds. The fourth-order valence-electron chi connectivity index (χ4n) is 1.53. The molecule has 0 radical (unpaired) electrons. The summed E-state index contributed by atoms with van der Waals surface area (Å²) >= 11 is 0. The normalized spacial score (nSPS) is 11.6. The van der Waals surface area contributed by atoms with Crippen LogP contribution >= 0.6 is 12.4 Å². The number of hydrogen-bond donors (Lipinski definition) is 2. The summed E-state index contributed by atoms with van der Waals surface area (Å²) in [5.74, 6) is 0.668. The number of carbonyl (C=O) groups is 1. The van der Waals surface area contributed by atoms with Crippen molar-refractivity contribution >= 4 is 24.0 Å². The standard InChI is InChI=1S/C13H16N4O2.ClH/c1-8(7-14)13(18)16-11-5-3-4-10(6-11)12-15-9(2)19-17-12;/h3-6,8H,7,14H2,1-2H3,(H,16,18);1H. The highest BCUT2D eigenvalue weighted by Crippen LogP contribution is 2.20. The van der Waals surface area contributed by atoms with Crippen molar-refractivity contribution in [1.29, 1.82) is 0 Å². The molecule has 0 bridgehead atoms. The monoisotopic (exact) mass is 296 g/mol. The third-order valence-corrected chi connectivity index (χ3v) is 2.72. The molecule has 3 N–H and O–H groups in total. The lowest BCUT2D eigenvalue weighted by atomic mass is 10.1. The van der Waals surface area contributed by atoms with Gasteiger partial charge in [0.2, 0.25) is 17.6 Å². The van der Waals surface area contributed by atoms with E-state index in [4.69, 9.17) is 10.3 Å². The Bertz CT molecular complexity index is 585. The van der Waals surface area contributed by atoms with Crippen molar-refractivity contribution in [3.8, 4) is 11.4 Å². The van der Waals surface area contributed by atoms with E-state index in [-0.39, 0.29) is 24.2 Å². The maximum atomic E-state index is 11.8. The number of halogens is 1. The van der Waals surface area contributed by atoms with Crippen LogP contribution in [0.5, 0.6) is 0 Å². The van der Waals surface area contributed by atoms with Crippen molar-refractivity contribution in [2.75, 3.05) is 11.9 Å². The second-order valence-electron chi connectivity index (χ2n) is 4.34. The van der Waals surface area contributed by atoms with E-state index in [1.165, 1.54) is 0 Å². The molecule has 0 spiro atoms. The van der Waals surface area contributed by atoms with Gasteiger partial charge in [0.05, 0.1) is 0 Å². The Hall–Kier alpha value is -1.92. The summed E-state index contributed by atoms with van der Waals surface area (Å²) in [6.07, 6.45) is 0. The Kier molecular flexibility index (Phi) is 5.66. The summed E-state index contributed by atoms with van der Waals surface area (Å²) in [5.41, 5.74) is 6.93. The minimum atomic E-state index is -0.226. The van der Waals surface area contributed by atoms with Gasteiger partial charge in [-0.3, -0.25) is 4.79 Å². The van der Waals surface area contributed by atoms with E-state index in [1.807, 2.05) is 12.1 Å². The second kappa shape index (κ2) is 7.02. The van der Waals surface area contributed by atoms with Gasteiger partial charge in [-0.15, -0.1) is 12.4 Å². The molecule has 1 aromatic carbocycles. The molecule has 7 heteroatoms. The first-order valence-electron chi connectivity index (χ1n) is 6.02. The number of anilines is 1. The summed E-state index contributed by atoms with van der Waals surface area (Å²) in [7, 11) is 0. The van der Waals surface area contributed by atoms with Gasteiger partial charge in [0, 0.05) is 30.6 Å². The first-order valence-corrected chi connectivity index (χ1v) is 6.02. The number of hydrogen-bond acceptors (Lipinski definition) is 5. The van der Waals surface area contributed by atoms with Gasteiger partial charge in [-0.1, -0.05) is 24.2 Å². The molecule has 6 nitrogen and oxygen atoms in total. The predicted molar refractivity (Wildman–Crippen MR) is 78.6 cm³/mol. The van der Waals surface area contributed by atoms with Gasteiger partial charge < -0.3 is 15.6 Å². The highest BCUT2D eigenvalue weighted by atomic mass is 35.5. The predicted octanol–water partition coefficient (Wildman–Crippen LogP) is 2.00. The molecule has 0 aliphatic carbocycles. The largest absolute Gasteiger partial charge is 0.339 e. The molecule has 20 heavy (non-hydrogen) atoms. The number of benzene rings is 1. The van der Waals surface area contributed by atoms with Crippen LogP contribution in [0.2, 0.25) is 0 Å². The van der Waals surface area contributed by atoms with E-state index >= 15 is 0 Å². The van der Waals surface area contributed by atoms with Gasteiger partial charge >= 0.3 is 0 Å². The summed E-state index contributed by atoms with van der Waals surface area (Å²) in [6, 6.07) is 7.28. The maximum Gasteiger partial charge on any atom is 0.228 e. The van der Waals surface area contributed by atoms with Crippen LogP contribution in [-0.4, -0.2) is 22.6 Å². The van der Waals surface area contributed by atoms with E-state index in [0.29, 0.717) is 23.9 Å². The average molecular weight is 297 g/mol. The number of aryl methyl sites for hydroxylation is 1. The minimum absolute atomic E-state index is 0. The Labute approximate surface area is 123 Å². The van der Waals surface area contributed by atoms with Crippen LogP contribution in [-0.2, 0) is 4.79 Å². The maximum absolute atomic E-state index is 11.8. The molecule has 0 aliphatic rings. The van der Waals surface area contributed by atoms with Crippen LogP contribution in [0.3, 0.4) is 0 Å². The van der Waals surface area contributed by atoms with Crippen LogP contribution in [0.4, 0.5) is 5.69 Å². The molecule has 1 atom stereocenters. The molecular weight excluding hydrogens is 280 g/mol. The van der Waals surface area contributed by atoms with E-state index in [1.54, 1.807) is 26.0 Å². The highest BCUT2D eigenvalue weighted by molar-refractivity contribution is 5.93. The van der Waals surface area contributed by atoms with Crippen LogP contribution in [0.15, 0.2) is 28.8 Å². The third-order valence-electron chi connectivity index (χ3n) is 2.72. The van der Waals surface area contributed by atoms with E-state index in [9.17, 15) is 4.79 Å². The number of nitrogens with two attached hydrogens (primary N) is 1. The number of nitrogens with zero attached hydrogens (tertiary/aromatic N) is 2. The Morgan fingerprint density at radius 2 is 2.25 bits per heavy atom. The van der Waals surface area contributed by atoms with Gasteiger partial charge in [-0.05, 0) is 12.1 Å². The average Bonchev–Trinajstić information content (AvgIpc) is 2.84. The lowest BCUT2D eigenvalue weighted by Crippen LogP contribution is -2.26. The quantitative estimate of drug-likeness (QED) is 0.900. The highest BCUT2D eigenvalue weighted by Gasteiger charge is 2.12. The zero-order valence-electron chi connectivity index (χ0n) is 11.3. The molecule has 0 saturated carbocycles. The number of aromatic nitrogens is 2. The Morgan fingerprint density at radius 3 is 2.85 bits per heavy atom. The van der Waals surface area contributed by atoms with Crippen molar-refractivity contribution in [3.05, 3.63) is 30.2 Å². The molecule has 0 fully saturated rings. The fraction of sp³-hybridized carbons (Fsp3) is 0.308. The minimum Gasteiger partial charge on any atom is -0.339 e. The molecule has 2 aromatic rings. The summed E-state index contributed by atoms with van der Waals surface area (Å²) in [6.45, 7) is 3.82.